The summed E-state index contributed by atoms with van der Waals surface area (Å²) in [6, 6.07) is 0. The minimum Gasteiger partial charge on any atom is -0.247 e. The summed E-state index contributed by atoms with van der Waals surface area (Å²) in [6.07, 6.45) is 2.54. The lowest BCUT2D eigenvalue weighted by Gasteiger charge is -2.25. The lowest BCUT2D eigenvalue weighted by Crippen LogP contribution is -2.23. The SMILES string of the molecule is C[C@@H]1CCC(I)CC1F. The Morgan fingerprint density at radius 3 is 2.56 bits per heavy atom. The van der Waals surface area contributed by atoms with Gasteiger partial charge >= 0.3 is 0 Å². The highest BCUT2D eigenvalue weighted by molar-refractivity contribution is 14.1. The van der Waals surface area contributed by atoms with Crippen molar-refractivity contribution in [2.24, 2.45) is 5.92 Å². The predicted molar refractivity (Wildman–Crippen MR) is 45.7 cm³/mol. The summed E-state index contributed by atoms with van der Waals surface area (Å²) >= 11 is 2.34. The Morgan fingerprint density at radius 2 is 2.11 bits per heavy atom. The molecule has 3 atom stereocenters. The molecular formula is C7H12FI. The van der Waals surface area contributed by atoms with E-state index in [1.807, 2.05) is 6.92 Å². The Balaban J connectivity index is 2.35. The van der Waals surface area contributed by atoms with Gasteiger partial charge in [-0.1, -0.05) is 29.5 Å². The zero-order chi connectivity index (χ0) is 6.85. The lowest BCUT2D eigenvalue weighted by atomic mass is 9.89. The Morgan fingerprint density at radius 1 is 1.44 bits per heavy atom. The van der Waals surface area contributed by atoms with E-state index in [2.05, 4.69) is 22.6 Å². The molecule has 0 spiro atoms. The third-order valence-electron chi connectivity index (χ3n) is 2.03. The highest BCUT2D eigenvalue weighted by Gasteiger charge is 2.25. The molecule has 2 unspecified atom stereocenters. The maximum Gasteiger partial charge on any atom is 0.104 e. The average molecular weight is 242 g/mol. The first-order valence-corrected chi connectivity index (χ1v) is 4.73. The monoisotopic (exact) mass is 242 g/mol. The van der Waals surface area contributed by atoms with Crippen LogP contribution in [0.25, 0.3) is 0 Å². The van der Waals surface area contributed by atoms with E-state index in [0.29, 0.717) is 9.84 Å². The Kier molecular flexibility index (Phi) is 2.73. The second-order valence-corrected chi connectivity index (χ2v) is 4.67. The third-order valence-corrected chi connectivity index (χ3v) is 3.16. The van der Waals surface area contributed by atoms with Crippen molar-refractivity contribution in [2.45, 2.75) is 36.3 Å². The molecule has 0 saturated heterocycles. The fourth-order valence-electron chi connectivity index (χ4n) is 1.22. The quantitative estimate of drug-likeness (QED) is 0.452. The first-order chi connectivity index (χ1) is 4.20. The van der Waals surface area contributed by atoms with Crippen LogP contribution in [0.3, 0.4) is 0 Å². The van der Waals surface area contributed by atoms with Crippen LogP contribution in [0.4, 0.5) is 4.39 Å². The molecule has 54 valence electrons. The van der Waals surface area contributed by atoms with Gasteiger partial charge in [0.05, 0.1) is 0 Å². The van der Waals surface area contributed by atoms with Crippen molar-refractivity contribution in [3.05, 3.63) is 0 Å². The van der Waals surface area contributed by atoms with Crippen molar-refractivity contribution in [1.82, 2.24) is 0 Å². The number of hydrogen-bond acceptors (Lipinski definition) is 0. The summed E-state index contributed by atoms with van der Waals surface area (Å²) in [5.74, 6) is 0.316. The van der Waals surface area contributed by atoms with Gasteiger partial charge in [-0.2, -0.15) is 0 Å². The first-order valence-electron chi connectivity index (χ1n) is 3.48. The summed E-state index contributed by atoms with van der Waals surface area (Å²) in [6.45, 7) is 2.01. The van der Waals surface area contributed by atoms with E-state index in [-0.39, 0.29) is 0 Å². The van der Waals surface area contributed by atoms with Crippen LogP contribution < -0.4 is 0 Å². The average Bonchev–Trinajstić information content (AvgIpc) is 1.80. The lowest BCUT2D eigenvalue weighted by molar-refractivity contribution is 0.187. The molecule has 1 fully saturated rings. The summed E-state index contributed by atoms with van der Waals surface area (Å²) in [5.41, 5.74) is 0. The molecule has 9 heavy (non-hydrogen) atoms. The van der Waals surface area contributed by atoms with Gasteiger partial charge in [0.2, 0.25) is 0 Å². The van der Waals surface area contributed by atoms with E-state index in [4.69, 9.17) is 0 Å². The van der Waals surface area contributed by atoms with Gasteiger partial charge in [-0.15, -0.1) is 0 Å². The first kappa shape index (κ1) is 7.76. The van der Waals surface area contributed by atoms with Gasteiger partial charge in [0.1, 0.15) is 6.17 Å². The van der Waals surface area contributed by atoms with Gasteiger partial charge in [-0.05, 0) is 25.2 Å². The minimum absolute atomic E-state index is 0.316. The van der Waals surface area contributed by atoms with E-state index in [9.17, 15) is 4.39 Å². The molecule has 0 N–H and O–H groups in total. The van der Waals surface area contributed by atoms with Gasteiger partial charge in [0.25, 0.3) is 0 Å². The molecule has 1 saturated carbocycles. The molecule has 0 aliphatic heterocycles. The van der Waals surface area contributed by atoms with Gasteiger partial charge in [0, 0.05) is 3.92 Å². The van der Waals surface area contributed by atoms with E-state index >= 15 is 0 Å². The van der Waals surface area contributed by atoms with Crippen molar-refractivity contribution in [2.75, 3.05) is 0 Å². The van der Waals surface area contributed by atoms with E-state index < -0.39 is 6.17 Å². The van der Waals surface area contributed by atoms with Crippen LogP contribution in [0, 0.1) is 5.92 Å². The predicted octanol–water partition coefficient (Wildman–Crippen LogP) is 2.95. The second-order valence-electron chi connectivity index (χ2n) is 2.90. The molecule has 0 bridgehead atoms. The Bertz CT molecular complexity index is 94.9. The number of rotatable bonds is 0. The second kappa shape index (κ2) is 3.17. The van der Waals surface area contributed by atoms with Gasteiger partial charge in [-0.3, -0.25) is 0 Å². The molecule has 1 rings (SSSR count). The molecule has 0 aromatic carbocycles. The maximum atomic E-state index is 12.8. The van der Waals surface area contributed by atoms with Crippen LogP contribution >= 0.6 is 22.6 Å². The zero-order valence-corrected chi connectivity index (χ0v) is 7.77. The van der Waals surface area contributed by atoms with Crippen molar-refractivity contribution >= 4 is 22.6 Å². The Hall–Kier alpha value is 0.660. The fourth-order valence-corrected chi connectivity index (χ4v) is 2.06. The van der Waals surface area contributed by atoms with Crippen LogP contribution in [0.2, 0.25) is 0 Å². The van der Waals surface area contributed by atoms with E-state index in [1.165, 1.54) is 6.42 Å². The summed E-state index contributed by atoms with van der Waals surface area (Å²) in [5, 5.41) is 0. The van der Waals surface area contributed by atoms with Crippen molar-refractivity contribution in [1.29, 1.82) is 0 Å². The van der Waals surface area contributed by atoms with Crippen molar-refractivity contribution in [3.63, 3.8) is 0 Å². The topological polar surface area (TPSA) is 0 Å². The van der Waals surface area contributed by atoms with Crippen LogP contribution in [-0.2, 0) is 0 Å². The molecule has 0 heterocycles. The van der Waals surface area contributed by atoms with Crippen molar-refractivity contribution < 1.29 is 4.39 Å². The van der Waals surface area contributed by atoms with Crippen LogP contribution in [-0.4, -0.2) is 10.1 Å². The van der Waals surface area contributed by atoms with E-state index in [0.717, 1.165) is 12.8 Å². The Labute approximate surface area is 69.4 Å². The molecule has 0 amide bonds. The molecule has 0 radical (unpaired) electrons. The van der Waals surface area contributed by atoms with Gasteiger partial charge in [0.15, 0.2) is 0 Å². The van der Waals surface area contributed by atoms with Crippen molar-refractivity contribution in [3.8, 4) is 0 Å². The van der Waals surface area contributed by atoms with Gasteiger partial charge < -0.3 is 0 Å². The minimum atomic E-state index is -0.527. The summed E-state index contributed by atoms with van der Waals surface area (Å²) in [7, 11) is 0. The summed E-state index contributed by atoms with van der Waals surface area (Å²) in [4.78, 5) is 0. The summed E-state index contributed by atoms with van der Waals surface area (Å²) < 4.78 is 13.4. The number of halogens is 2. The number of hydrogen-bond donors (Lipinski definition) is 0. The highest BCUT2D eigenvalue weighted by atomic mass is 127. The standard InChI is InChI=1S/C7H12FI/c1-5-2-3-6(9)4-7(5)8/h5-7H,2-4H2,1H3/t5-,6?,7?/m1/s1. The smallest absolute Gasteiger partial charge is 0.104 e. The molecule has 1 aliphatic carbocycles. The van der Waals surface area contributed by atoms with Crippen LogP contribution in [0.5, 0.6) is 0 Å². The van der Waals surface area contributed by atoms with Crippen LogP contribution in [0.1, 0.15) is 26.2 Å². The molecule has 1 aliphatic rings. The molecular weight excluding hydrogens is 230 g/mol. The maximum absolute atomic E-state index is 12.8. The normalized spacial score (nSPS) is 45.0. The van der Waals surface area contributed by atoms with Gasteiger partial charge in [-0.25, -0.2) is 4.39 Å². The zero-order valence-electron chi connectivity index (χ0n) is 5.61. The molecule has 0 nitrogen and oxygen atoms in total. The highest BCUT2D eigenvalue weighted by Crippen LogP contribution is 2.30. The number of alkyl halides is 2. The third kappa shape index (κ3) is 2.06. The van der Waals surface area contributed by atoms with Crippen LogP contribution in [0.15, 0.2) is 0 Å². The largest absolute Gasteiger partial charge is 0.247 e. The van der Waals surface area contributed by atoms with E-state index in [1.54, 1.807) is 0 Å². The molecule has 0 aromatic rings. The fraction of sp³-hybridized carbons (Fsp3) is 1.00. The molecule has 0 aromatic heterocycles. The molecule has 2 heteroatoms.